The minimum atomic E-state index is -0.493. The van der Waals surface area contributed by atoms with Crippen molar-refractivity contribution in [1.82, 2.24) is 0 Å². The summed E-state index contributed by atoms with van der Waals surface area (Å²) in [7, 11) is 0. The van der Waals surface area contributed by atoms with Crippen molar-refractivity contribution >= 4 is 12.4 Å². The second-order valence-corrected chi connectivity index (χ2v) is 10.5. The van der Waals surface area contributed by atoms with Gasteiger partial charge in [0.15, 0.2) is 0 Å². The van der Waals surface area contributed by atoms with Crippen molar-refractivity contribution in [2.24, 2.45) is 0 Å². The summed E-state index contributed by atoms with van der Waals surface area (Å²) in [6, 6.07) is 0. The van der Waals surface area contributed by atoms with Gasteiger partial charge in [0.25, 0.3) is 0 Å². The smallest absolute Gasteiger partial charge is 0.147 e. The molecule has 0 aliphatic heterocycles. The summed E-state index contributed by atoms with van der Waals surface area (Å²) in [5, 5.41) is 0. The van der Waals surface area contributed by atoms with Gasteiger partial charge in [0.2, 0.25) is 0 Å². The molecule has 0 heterocycles. The zero-order valence-corrected chi connectivity index (χ0v) is 19.0. The molecule has 0 bridgehead atoms. The average Bonchev–Trinajstić information content (AvgIpc) is 3.18. The molecule has 0 aromatic carbocycles. The average molecular weight is 426 g/mol. The summed E-state index contributed by atoms with van der Waals surface area (Å²) >= 11 is -0.493. The van der Waals surface area contributed by atoms with Gasteiger partial charge in [0.1, 0.15) is 0 Å². The SMILES string of the molecule is CCCCCCC1=[C]([Zr][C]2=C(CCCCCC)C=CC2)CC=C1.Cl. The van der Waals surface area contributed by atoms with E-state index in [1.807, 2.05) is 6.56 Å². The number of halogens is 1. The number of rotatable bonds is 12. The van der Waals surface area contributed by atoms with Gasteiger partial charge in [0.05, 0.1) is 0 Å². The van der Waals surface area contributed by atoms with E-state index in [9.17, 15) is 0 Å². The Bertz CT molecular complexity index is 438. The van der Waals surface area contributed by atoms with E-state index < -0.39 is 23.2 Å². The van der Waals surface area contributed by atoms with Crippen LogP contribution >= 0.6 is 12.4 Å². The van der Waals surface area contributed by atoms with Gasteiger partial charge < -0.3 is 0 Å². The fraction of sp³-hybridized carbons (Fsp3) is 0.636. The van der Waals surface area contributed by atoms with Crippen LogP contribution in [-0.4, -0.2) is 0 Å². The Labute approximate surface area is 167 Å². The molecule has 0 saturated carbocycles. The van der Waals surface area contributed by atoms with Crippen molar-refractivity contribution in [1.29, 1.82) is 0 Å². The first-order valence-corrected chi connectivity index (χ1v) is 12.3. The van der Waals surface area contributed by atoms with Gasteiger partial charge in [-0.15, -0.1) is 12.4 Å². The first-order chi connectivity index (χ1) is 11.3. The van der Waals surface area contributed by atoms with Crippen molar-refractivity contribution < 1.29 is 23.2 Å². The molecule has 0 atom stereocenters. The molecule has 0 N–H and O–H groups in total. The summed E-state index contributed by atoms with van der Waals surface area (Å²) in [5.74, 6) is 0. The van der Waals surface area contributed by atoms with Gasteiger partial charge in [-0.25, -0.2) is 0 Å². The second kappa shape index (κ2) is 13.4. The molecule has 0 nitrogen and oxygen atoms in total. The van der Waals surface area contributed by atoms with Crippen LogP contribution in [0.4, 0.5) is 0 Å². The maximum atomic E-state index is 2.45. The Kier molecular flexibility index (Phi) is 12.3. The first-order valence-electron chi connectivity index (χ1n) is 9.89. The molecule has 0 amide bonds. The predicted octanol–water partition coefficient (Wildman–Crippen LogP) is 7.86. The van der Waals surface area contributed by atoms with Crippen molar-refractivity contribution in [2.75, 3.05) is 0 Å². The Morgan fingerprint density at radius 2 is 1.17 bits per heavy atom. The molecule has 2 aliphatic carbocycles. The van der Waals surface area contributed by atoms with Gasteiger partial charge in [-0.1, -0.05) is 0 Å². The molecule has 2 rings (SSSR count). The maximum absolute atomic E-state index is 2.45. The molecule has 134 valence electrons. The van der Waals surface area contributed by atoms with Crippen molar-refractivity contribution in [2.45, 2.75) is 90.9 Å². The monoisotopic (exact) mass is 424 g/mol. The Balaban J connectivity index is 0.00000288. The largest absolute Gasteiger partial charge is 0.147 e. The molecule has 2 aliphatic rings. The van der Waals surface area contributed by atoms with Crippen LogP contribution in [-0.2, 0) is 23.2 Å². The van der Waals surface area contributed by atoms with Gasteiger partial charge in [-0.2, -0.15) is 0 Å². The third-order valence-corrected chi connectivity index (χ3v) is 9.02. The molecule has 0 aromatic heterocycles. The van der Waals surface area contributed by atoms with E-state index in [1.165, 1.54) is 77.0 Å². The van der Waals surface area contributed by atoms with Crippen LogP contribution in [0.5, 0.6) is 0 Å². The standard InChI is InChI=1S/2C11H17.ClH.Zr/c2*1-2-3-4-5-8-11-9-6-7-10-11;;/h2*6,9H,2-5,7-8H2,1H3;1H;. The van der Waals surface area contributed by atoms with Crippen molar-refractivity contribution in [3.63, 3.8) is 0 Å². The molecule has 24 heavy (non-hydrogen) atoms. The topological polar surface area (TPSA) is 0 Å². The van der Waals surface area contributed by atoms with Crippen LogP contribution in [0.1, 0.15) is 90.9 Å². The number of hydrogen-bond acceptors (Lipinski definition) is 0. The fourth-order valence-corrected chi connectivity index (χ4v) is 7.29. The second-order valence-electron chi connectivity index (χ2n) is 6.97. The molecule has 0 unspecified atom stereocenters. The number of hydrogen-bond donors (Lipinski definition) is 0. The summed E-state index contributed by atoms with van der Waals surface area (Å²) in [5.41, 5.74) is 3.47. The quantitative estimate of drug-likeness (QED) is 0.279. The van der Waals surface area contributed by atoms with Crippen LogP contribution in [0.25, 0.3) is 0 Å². The van der Waals surface area contributed by atoms with Gasteiger partial charge in [-0.05, 0) is 0 Å². The van der Waals surface area contributed by atoms with E-state index in [0.717, 1.165) is 0 Å². The zero-order valence-electron chi connectivity index (χ0n) is 15.7. The van der Waals surface area contributed by atoms with E-state index >= 15 is 0 Å². The zero-order chi connectivity index (χ0) is 16.3. The molecule has 2 heteroatoms. The van der Waals surface area contributed by atoms with Gasteiger partial charge >= 0.3 is 156 Å². The Morgan fingerprint density at radius 1 is 0.708 bits per heavy atom. The summed E-state index contributed by atoms with van der Waals surface area (Å²) in [6.07, 6.45) is 26.1. The van der Waals surface area contributed by atoms with E-state index in [4.69, 9.17) is 0 Å². The predicted molar refractivity (Wildman–Crippen MR) is 106 cm³/mol. The minimum Gasteiger partial charge on any atom is -0.147 e. The Hall–Kier alpha value is 0.133. The molecule has 0 radical (unpaired) electrons. The molecule has 0 aromatic rings. The van der Waals surface area contributed by atoms with Crippen LogP contribution in [0.2, 0.25) is 0 Å². The van der Waals surface area contributed by atoms with Crippen LogP contribution < -0.4 is 0 Å². The van der Waals surface area contributed by atoms with E-state index in [1.54, 1.807) is 11.1 Å². The molecular formula is C22H35ClZr. The summed E-state index contributed by atoms with van der Waals surface area (Å²) < 4.78 is 3.77. The van der Waals surface area contributed by atoms with Crippen molar-refractivity contribution in [3.8, 4) is 0 Å². The molecular weight excluding hydrogens is 391 g/mol. The van der Waals surface area contributed by atoms with Gasteiger partial charge in [0, 0.05) is 0 Å². The summed E-state index contributed by atoms with van der Waals surface area (Å²) in [6.45, 7) is 4.60. The summed E-state index contributed by atoms with van der Waals surface area (Å²) in [4.78, 5) is 0. The van der Waals surface area contributed by atoms with E-state index in [0.29, 0.717) is 0 Å². The molecule has 0 spiro atoms. The molecule has 0 fully saturated rings. The van der Waals surface area contributed by atoms with Crippen molar-refractivity contribution in [3.05, 3.63) is 42.0 Å². The third kappa shape index (κ3) is 7.57. The van der Waals surface area contributed by atoms with Crippen LogP contribution in [0.15, 0.2) is 42.0 Å². The van der Waals surface area contributed by atoms with Gasteiger partial charge in [-0.3, -0.25) is 0 Å². The maximum Gasteiger partial charge on any atom is -0.147 e. The van der Waals surface area contributed by atoms with E-state index in [2.05, 4.69) is 38.2 Å². The minimum absolute atomic E-state index is 0. The molecule has 0 saturated heterocycles. The van der Waals surface area contributed by atoms with Crippen LogP contribution in [0.3, 0.4) is 0 Å². The normalized spacial score (nSPS) is 16.2. The fourth-order valence-electron chi connectivity index (χ4n) is 3.50. The van der Waals surface area contributed by atoms with E-state index in [-0.39, 0.29) is 12.4 Å². The first kappa shape index (κ1) is 22.2. The number of allylic oxidation sites excluding steroid dienone is 8. The number of unbranched alkanes of at least 4 members (excludes halogenated alkanes) is 6. The Morgan fingerprint density at radius 3 is 1.58 bits per heavy atom. The third-order valence-electron chi connectivity index (χ3n) is 4.96. The van der Waals surface area contributed by atoms with Crippen LogP contribution in [0, 0.1) is 0 Å².